The van der Waals surface area contributed by atoms with Crippen molar-refractivity contribution in [3.8, 4) is 33.4 Å². The minimum atomic E-state index is 0. The van der Waals surface area contributed by atoms with Gasteiger partial charge in [-0.2, -0.15) is 0 Å². The lowest BCUT2D eigenvalue weighted by molar-refractivity contribution is 0.155. The number of nitrogens with two attached hydrogens (primary N) is 2. The van der Waals surface area contributed by atoms with Crippen molar-refractivity contribution in [3.63, 3.8) is 0 Å². The molecule has 0 radical (unpaired) electrons. The average molecular weight is 1630 g/mol. The fourth-order valence-corrected chi connectivity index (χ4v) is 14.2. The minimum absolute atomic E-state index is 0. The summed E-state index contributed by atoms with van der Waals surface area (Å²) in [7, 11) is 5.09. The lowest BCUT2D eigenvalue weighted by Gasteiger charge is -2.35. The van der Waals surface area contributed by atoms with E-state index in [-0.39, 0.29) is 91.6 Å². The fourth-order valence-electron chi connectivity index (χ4n) is 14.2. The molecule has 41 N–H and O–H groups in total. The smallest absolute Gasteiger partial charge is 0.0158 e. The maximum absolute atomic E-state index is 4.50. The van der Waals surface area contributed by atoms with Crippen LogP contribution in [-0.2, 0) is 5.41 Å². The summed E-state index contributed by atoms with van der Waals surface area (Å²) >= 11 is 0. The Morgan fingerprint density at radius 1 is 0.353 bits per heavy atom. The van der Waals surface area contributed by atoms with Crippen LogP contribution in [0.5, 0.6) is 0 Å². The largest absolute Gasteiger partial charge is 0.412 e. The fraction of sp³-hybridized carbons (Fsp3) is 0.449. The Hall–Kier alpha value is -7.74. The van der Waals surface area contributed by atoms with Crippen LogP contribution in [0.4, 0.5) is 0 Å². The zero-order valence-electron chi connectivity index (χ0n) is 77.0. The monoisotopic (exact) mass is 1630 g/mol. The van der Waals surface area contributed by atoms with Crippen molar-refractivity contribution in [1.29, 1.82) is 0 Å². The number of hydrogen-bond acceptors (Lipinski definition) is 9. The molecule has 9 aromatic rings. The van der Waals surface area contributed by atoms with E-state index in [0.717, 1.165) is 47.5 Å². The Labute approximate surface area is 708 Å². The molecule has 3 saturated carbocycles. The average Bonchev–Trinajstić information content (AvgIpc) is 1.57. The first-order valence-corrected chi connectivity index (χ1v) is 39.4. The topological polar surface area (TPSA) is 558 Å². The molecule has 13 rings (SSSR count). The molecule has 18 heteroatoms. The van der Waals surface area contributed by atoms with Gasteiger partial charge in [0, 0.05) is 11.5 Å². The van der Waals surface area contributed by atoms with E-state index in [1.807, 2.05) is 104 Å². The second-order valence-corrected chi connectivity index (χ2v) is 27.6. The highest BCUT2D eigenvalue weighted by Crippen LogP contribution is 2.48. The summed E-state index contributed by atoms with van der Waals surface area (Å²) in [6.45, 7) is 43.6. The molecular weight excluding hydrogens is 1450 g/mol. The molecule has 5 atom stereocenters. The summed E-state index contributed by atoms with van der Waals surface area (Å²) < 4.78 is 0. The summed E-state index contributed by atoms with van der Waals surface area (Å²) in [4.78, 5) is 0. The van der Waals surface area contributed by atoms with Crippen LogP contribution in [-0.4, -0.2) is 76.5 Å². The first-order valence-electron chi connectivity index (χ1n) is 39.4. The van der Waals surface area contributed by atoms with Crippen LogP contribution in [0.2, 0.25) is 0 Å². The molecular formula is C98H181N9O9. The van der Waals surface area contributed by atoms with Crippen molar-refractivity contribution in [2.24, 2.45) is 41.1 Å². The van der Waals surface area contributed by atoms with Gasteiger partial charge in [-0.1, -0.05) is 397 Å². The lowest BCUT2D eigenvalue weighted by atomic mass is 9.71. The van der Waals surface area contributed by atoms with E-state index in [4.69, 9.17) is 0 Å². The molecule has 0 spiro atoms. The number of fused-ring (bicyclic) bond motifs is 3. The molecule has 0 bridgehead atoms. The number of benzene rings is 9. The van der Waals surface area contributed by atoms with Crippen LogP contribution in [0, 0.1) is 50.4 Å². The van der Waals surface area contributed by atoms with Crippen LogP contribution in [0.1, 0.15) is 251 Å². The maximum Gasteiger partial charge on any atom is 0.0158 e. The van der Waals surface area contributed by atoms with Crippen LogP contribution in [0.15, 0.2) is 243 Å². The zero-order valence-corrected chi connectivity index (χ0v) is 77.0. The van der Waals surface area contributed by atoms with Crippen LogP contribution in [0.25, 0.3) is 33.4 Å². The van der Waals surface area contributed by atoms with Crippen LogP contribution >= 0.6 is 0 Å². The Kier molecular flexibility index (Phi) is 105. The molecule has 0 aromatic heterocycles. The van der Waals surface area contributed by atoms with Gasteiger partial charge in [0.15, 0.2) is 0 Å². The van der Waals surface area contributed by atoms with E-state index in [1.165, 1.54) is 151 Å². The maximum atomic E-state index is 4.50. The first kappa shape index (κ1) is 143. The molecule has 0 saturated heterocycles. The molecule has 4 aliphatic rings. The molecule has 4 aliphatic carbocycles. The second-order valence-electron chi connectivity index (χ2n) is 27.6. The normalized spacial score (nSPS) is 15.8. The van der Waals surface area contributed by atoms with Gasteiger partial charge in [0.1, 0.15) is 0 Å². The minimum Gasteiger partial charge on any atom is -0.412 e. The second kappa shape index (κ2) is 85.2. The Morgan fingerprint density at radius 2 is 0.690 bits per heavy atom. The van der Waals surface area contributed by atoms with Crippen molar-refractivity contribution in [1.82, 2.24) is 42.2 Å². The van der Waals surface area contributed by atoms with Crippen LogP contribution < -0.4 is 53.7 Å². The number of nitrogens with one attached hydrogen (secondary N) is 1. The molecule has 0 heterocycles. The van der Waals surface area contributed by atoms with Crippen molar-refractivity contribution in [2.75, 3.05) is 21.1 Å². The van der Waals surface area contributed by atoms with Gasteiger partial charge >= 0.3 is 0 Å². The van der Waals surface area contributed by atoms with Gasteiger partial charge in [-0.15, -0.1) is 0 Å². The Bertz CT molecular complexity index is 3330. The molecule has 18 nitrogen and oxygen atoms in total. The summed E-state index contributed by atoms with van der Waals surface area (Å²) in [5, 5.41) is 3.42. The standard InChI is InChI=1S/C19H23N.C17H26.C15H14.C12H10.C11H22.2C7H8.4C2H6.2CH5N.6H3N.9H2O/c1-20-17-13-11-16(12-14-17)19-10-6-5-9-18(19)15-7-3-2-4-8-15;1-12(2)17-11-16(9-8-14(17)4)15-7-5-6-13(3)10-15;1-15(2)13-9-5-3-7-11(13)12-8-4-6-10-14(12)15;1-3-7-11(8-4-1)12-9-5-2-6-10-12;1-8(2)11-7-9(3)5-6-10(11)4;2*1-7-5-3-2-4-6-7;6*1-2;;;;;;;;;;;;;;;/h2-10,16-17,20H,11-14H2,1H3;8-9,11-13,15H,5-7,10H2,1-4H3;3-10H,1-2H3;1-10H;8-11H,5-7H2,1-4H3;2*2-6H,1H3;4*1-2H3;2*2H2,1H3;6*1H3;9*1H2. The van der Waals surface area contributed by atoms with Crippen molar-refractivity contribution < 1.29 is 49.3 Å². The summed E-state index contributed by atoms with van der Waals surface area (Å²) in [6.07, 6.45) is 15.2. The number of aryl methyl sites for hydroxylation is 3. The van der Waals surface area contributed by atoms with Crippen molar-refractivity contribution in [2.45, 2.75) is 238 Å². The number of rotatable bonds is 7. The van der Waals surface area contributed by atoms with Gasteiger partial charge in [0.2, 0.25) is 0 Å². The molecule has 3 fully saturated rings. The first-order chi connectivity index (χ1) is 49.0. The third-order valence-corrected chi connectivity index (χ3v) is 19.6. The van der Waals surface area contributed by atoms with E-state index < -0.39 is 0 Å². The van der Waals surface area contributed by atoms with Gasteiger partial charge in [-0.3, -0.25) is 0 Å². The molecule has 0 amide bonds. The van der Waals surface area contributed by atoms with Gasteiger partial charge in [-0.05, 0) is 201 Å². The van der Waals surface area contributed by atoms with Crippen molar-refractivity contribution in [3.05, 3.63) is 287 Å². The zero-order chi connectivity index (χ0) is 75.5. The Balaban J connectivity index is -0.0000000769. The van der Waals surface area contributed by atoms with Gasteiger partial charge in [0.25, 0.3) is 0 Å². The van der Waals surface area contributed by atoms with Gasteiger partial charge in [0.05, 0.1) is 0 Å². The van der Waals surface area contributed by atoms with E-state index in [2.05, 4.69) is 301 Å². The van der Waals surface area contributed by atoms with E-state index in [0.29, 0.717) is 5.92 Å². The quantitative estimate of drug-likeness (QED) is 0.0731. The summed E-state index contributed by atoms with van der Waals surface area (Å²) in [5.74, 6) is 6.96. The molecule has 116 heavy (non-hydrogen) atoms. The van der Waals surface area contributed by atoms with E-state index >= 15 is 0 Å². The Morgan fingerprint density at radius 3 is 1.03 bits per heavy atom. The van der Waals surface area contributed by atoms with E-state index in [1.54, 1.807) is 11.1 Å². The van der Waals surface area contributed by atoms with Crippen LogP contribution in [0.3, 0.4) is 0 Å². The highest BCUT2D eigenvalue weighted by molar-refractivity contribution is 5.80. The molecule has 0 aliphatic heterocycles. The van der Waals surface area contributed by atoms with Gasteiger partial charge in [-0.25, -0.2) is 0 Å². The number of hydrogen-bond donors (Lipinski definition) is 9. The molecule has 672 valence electrons. The molecule has 9 aromatic carbocycles. The predicted molar refractivity (Wildman–Crippen MR) is 519 cm³/mol. The predicted octanol–water partition coefficient (Wildman–Crippen LogP) is 21.9. The van der Waals surface area contributed by atoms with Crippen molar-refractivity contribution >= 4 is 0 Å². The van der Waals surface area contributed by atoms with Gasteiger partial charge < -0.3 is 103 Å². The molecule has 5 unspecified atom stereocenters. The summed E-state index contributed by atoms with van der Waals surface area (Å²) in [5.41, 5.74) is 28.9. The summed E-state index contributed by atoms with van der Waals surface area (Å²) in [6, 6.07) is 86.4. The third kappa shape index (κ3) is 50.1. The SMILES string of the molecule is CC.CC.CC.CC.CC1(C)c2ccccc2-c2ccccc21.CC1CCC(C)C(C(C)C)C1.CN.CN.CNC1CCC(c2ccccc2-c2ccccc2)CC1.Cc1ccc(C2CCCC(C)C2)cc1C(C)C.Cc1ccccc1.Cc1ccccc1.N.N.N.N.N.N.O.O.O.O.O.O.O.O.O.c1ccc(-c2ccccc2)cc1. The lowest BCUT2D eigenvalue weighted by Crippen LogP contribution is -2.29. The highest BCUT2D eigenvalue weighted by atomic mass is 16.0. The highest BCUT2D eigenvalue weighted by Gasteiger charge is 2.34. The van der Waals surface area contributed by atoms with E-state index in [9.17, 15) is 0 Å². The third-order valence-electron chi connectivity index (χ3n) is 19.6.